The second-order valence-electron chi connectivity index (χ2n) is 3.36. The van der Waals surface area contributed by atoms with E-state index in [2.05, 4.69) is 22.4 Å². The Labute approximate surface area is 73.4 Å². The number of ether oxygens (including phenoxy) is 1. The maximum Gasteiger partial charge on any atom is 0.0594 e. The maximum absolute atomic E-state index is 5.28. The van der Waals surface area contributed by atoms with E-state index in [0.717, 1.165) is 39.4 Å². The molecule has 0 aromatic rings. The van der Waals surface area contributed by atoms with Gasteiger partial charge in [0.05, 0.1) is 13.2 Å². The lowest BCUT2D eigenvalue weighted by Crippen LogP contribution is -2.43. The summed E-state index contributed by atoms with van der Waals surface area (Å²) < 4.78 is 5.28. The molecule has 0 unspecified atom stereocenters. The van der Waals surface area contributed by atoms with E-state index in [1.807, 2.05) is 0 Å². The fraction of sp³-hybridized carbons (Fsp3) is 0.778. The van der Waals surface area contributed by atoms with E-state index in [1.165, 1.54) is 0 Å². The summed E-state index contributed by atoms with van der Waals surface area (Å²) in [6, 6.07) is 0.572. The highest BCUT2D eigenvalue weighted by atomic mass is 16.5. The fourth-order valence-electron chi connectivity index (χ4n) is 1.71. The zero-order chi connectivity index (χ0) is 8.23. The predicted molar refractivity (Wildman–Crippen MR) is 48.2 cm³/mol. The minimum Gasteiger partial charge on any atom is -0.379 e. The van der Waals surface area contributed by atoms with E-state index in [1.54, 1.807) is 0 Å². The molecule has 1 N–H and O–H groups in total. The number of morpholine rings is 1. The lowest BCUT2D eigenvalue weighted by Gasteiger charge is -2.28. The zero-order valence-electron chi connectivity index (χ0n) is 7.33. The molecule has 1 saturated heterocycles. The summed E-state index contributed by atoms with van der Waals surface area (Å²) in [4.78, 5) is 2.46. The van der Waals surface area contributed by atoms with Gasteiger partial charge >= 0.3 is 0 Å². The third kappa shape index (κ3) is 2.06. The summed E-state index contributed by atoms with van der Waals surface area (Å²) in [5, 5.41) is 3.41. The zero-order valence-corrected chi connectivity index (χ0v) is 7.33. The number of nitrogens with zero attached hydrogens (tertiary/aromatic N) is 1. The maximum atomic E-state index is 5.28. The van der Waals surface area contributed by atoms with Crippen LogP contribution in [-0.2, 0) is 4.74 Å². The van der Waals surface area contributed by atoms with Crippen molar-refractivity contribution in [2.24, 2.45) is 0 Å². The second kappa shape index (κ2) is 4.03. The summed E-state index contributed by atoms with van der Waals surface area (Å²) in [5.74, 6) is 0. The number of hydrogen-bond donors (Lipinski definition) is 1. The molecule has 2 aliphatic rings. The van der Waals surface area contributed by atoms with Gasteiger partial charge in [-0.1, -0.05) is 12.2 Å². The van der Waals surface area contributed by atoms with Crippen molar-refractivity contribution in [2.45, 2.75) is 6.04 Å². The fourth-order valence-corrected chi connectivity index (χ4v) is 1.71. The molecule has 2 rings (SSSR count). The van der Waals surface area contributed by atoms with E-state index < -0.39 is 0 Å². The van der Waals surface area contributed by atoms with Crippen LogP contribution in [0.3, 0.4) is 0 Å². The SMILES string of the molecule is C1=C[C@H](CN2CCOCC2)NC1. The Morgan fingerprint density at radius 1 is 1.42 bits per heavy atom. The van der Waals surface area contributed by atoms with Crippen LogP contribution in [0.1, 0.15) is 0 Å². The lowest BCUT2D eigenvalue weighted by atomic mass is 10.3. The Balaban J connectivity index is 1.73. The topological polar surface area (TPSA) is 24.5 Å². The minimum absolute atomic E-state index is 0.572. The van der Waals surface area contributed by atoms with Gasteiger partial charge < -0.3 is 10.1 Å². The first-order valence-corrected chi connectivity index (χ1v) is 4.65. The third-order valence-corrected chi connectivity index (χ3v) is 2.42. The van der Waals surface area contributed by atoms with Crippen molar-refractivity contribution in [3.63, 3.8) is 0 Å². The van der Waals surface area contributed by atoms with Crippen LogP contribution in [-0.4, -0.2) is 50.3 Å². The average molecular weight is 168 g/mol. The van der Waals surface area contributed by atoms with Crippen LogP contribution in [0.15, 0.2) is 12.2 Å². The van der Waals surface area contributed by atoms with Crippen LogP contribution in [0.4, 0.5) is 0 Å². The Kier molecular flexibility index (Phi) is 2.76. The smallest absolute Gasteiger partial charge is 0.0594 e. The highest BCUT2D eigenvalue weighted by molar-refractivity contribution is 5.03. The molecule has 0 aliphatic carbocycles. The molecular formula is C9H16N2O. The van der Waals surface area contributed by atoms with Gasteiger partial charge in [0.25, 0.3) is 0 Å². The molecule has 0 aromatic heterocycles. The first kappa shape index (κ1) is 8.23. The molecule has 0 radical (unpaired) electrons. The van der Waals surface area contributed by atoms with E-state index in [4.69, 9.17) is 4.74 Å². The standard InChI is InChI=1S/C9H16N2O/c1-2-9(10-3-1)8-11-4-6-12-7-5-11/h1-2,9-10H,3-8H2/t9-/m1/s1. The van der Waals surface area contributed by atoms with Crippen LogP contribution >= 0.6 is 0 Å². The highest BCUT2D eigenvalue weighted by Crippen LogP contribution is 2.01. The van der Waals surface area contributed by atoms with Crippen LogP contribution in [0.25, 0.3) is 0 Å². The van der Waals surface area contributed by atoms with Crippen LogP contribution in [0, 0.1) is 0 Å². The van der Waals surface area contributed by atoms with Gasteiger partial charge in [0.15, 0.2) is 0 Å². The van der Waals surface area contributed by atoms with Gasteiger partial charge in [0.2, 0.25) is 0 Å². The molecule has 1 atom stereocenters. The van der Waals surface area contributed by atoms with E-state index >= 15 is 0 Å². The van der Waals surface area contributed by atoms with Gasteiger partial charge in [-0.3, -0.25) is 4.90 Å². The van der Waals surface area contributed by atoms with Gasteiger partial charge in [0, 0.05) is 32.2 Å². The largest absolute Gasteiger partial charge is 0.379 e. The molecule has 2 aliphatic heterocycles. The first-order chi connectivity index (χ1) is 5.95. The number of rotatable bonds is 2. The molecule has 0 aromatic carbocycles. The van der Waals surface area contributed by atoms with Crippen molar-refractivity contribution >= 4 is 0 Å². The van der Waals surface area contributed by atoms with Crippen LogP contribution in [0.2, 0.25) is 0 Å². The summed E-state index contributed by atoms with van der Waals surface area (Å²) in [6.07, 6.45) is 4.46. The monoisotopic (exact) mass is 168 g/mol. The minimum atomic E-state index is 0.572. The van der Waals surface area contributed by atoms with Crippen molar-refractivity contribution in [1.29, 1.82) is 0 Å². The molecule has 0 spiro atoms. The van der Waals surface area contributed by atoms with Gasteiger partial charge in [0.1, 0.15) is 0 Å². The summed E-state index contributed by atoms with van der Waals surface area (Å²) in [7, 11) is 0. The van der Waals surface area contributed by atoms with E-state index in [9.17, 15) is 0 Å². The van der Waals surface area contributed by atoms with Gasteiger partial charge in [-0.15, -0.1) is 0 Å². The van der Waals surface area contributed by atoms with Gasteiger partial charge in [-0.2, -0.15) is 0 Å². The quantitative estimate of drug-likeness (QED) is 0.580. The van der Waals surface area contributed by atoms with Crippen molar-refractivity contribution in [3.05, 3.63) is 12.2 Å². The van der Waals surface area contributed by atoms with Crippen molar-refractivity contribution in [3.8, 4) is 0 Å². The van der Waals surface area contributed by atoms with Crippen molar-refractivity contribution in [1.82, 2.24) is 10.2 Å². The summed E-state index contributed by atoms with van der Waals surface area (Å²) >= 11 is 0. The molecule has 2 heterocycles. The molecule has 3 heteroatoms. The van der Waals surface area contributed by atoms with E-state index in [0.29, 0.717) is 6.04 Å². The molecule has 0 saturated carbocycles. The molecule has 0 bridgehead atoms. The normalized spacial score (nSPS) is 31.2. The Bertz CT molecular complexity index is 164. The predicted octanol–water partition coefficient (Wildman–Crippen LogP) is -0.153. The first-order valence-electron chi connectivity index (χ1n) is 4.65. The molecular weight excluding hydrogens is 152 g/mol. The van der Waals surface area contributed by atoms with Gasteiger partial charge in [-0.05, 0) is 0 Å². The Morgan fingerprint density at radius 3 is 2.92 bits per heavy atom. The van der Waals surface area contributed by atoms with Crippen molar-refractivity contribution < 1.29 is 4.74 Å². The highest BCUT2D eigenvalue weighted by Gasteiger charge is 2.15. The van der Waals surface area contributed by atoms with Crippen molar-refractivity contribution in [2.75, 3.05) is 39.4 Å². The second-order valence-corrected chi connectivity index (χ2v) is 3.36. The summed E-state index contributed by atoms with van der Waals surface area (Å²) in [6.45, 7) is 6.15. The van der Waals surface area contributed by atoms with Crippen LogP contribution < -0.4 is 5.32 Å². The molecule has 12 heavy (non-hydrogen) atoms. The lowest BCUT2D eigenvalue weighted by molar-refractivity contribution is 0.0360. The van der Waals surface area contributed by atoms with Gasteiger partial charge in [-0.25, -0.2) is 0 Å². The number of hydrogen-bond acceptors (Lipinski definition) is 3. The average Bonchev–Trinajstić information content (AvgIpc) is 2.59. The summed E-state index contributed by atoms with van der Waals surface area (Å²) in [5.41, 5.74) is 0. The molecule has 1 fully saturated rings. The molecule has 68 valence electrons. The third-order valence-electron chi connectivity index (χ3n) is 2.42. The van der Waals surface area contributed by atoms with Crippen LogP contribution in [0.5, 0.6) is 0 Å². The number of nitrogens with one attached hydrogen (secondary N) is 1. The molecule has 3 nitrogen and oxygen atoms in total. The molecule has 0 amide bonds. The van der Waals surface area contributed by atoms with E-state index in [-0.39, 0.29) is 0 Å². The Hall–Kier alpha value is -0.380. The Morgan fingerprint density at radius 2 is 2.25 bits per heavy atom.